The number of nitrogens with one attached hydrogen (secondary N) is 2. The topological polar surface area (TPSA) is 57.1 Å². The van der Waals surface area contributed by atoms with Crippen molar-refractivity contribution in [2.45, 2.75) is 31.8 Å². The summed E-state index contributed by atoms with van der Waals surface area (Å²) in [7, 11) is 1.63. The van der Waals surface area contributed by atoms with E-state index in [9.17, 15) is 0 Å². The fraction of sp³-hybridized carbons (Fsp3) is 0.500. The van der Waals surface area contributed by atoms with Gasteiger partial charge in [0.1, 0.15) is 11.8 Å². The first kappa shape index (κ1) is 12.7. The lowest BCUT2D eigenvalue weighted by Crippen LogP contribution is -2.46. The maximum Gasteiger partial charge on any atom is 0.121 e. The number of nitriles is 1. The van der Waals surface area contributed by atoms with Gasteiger partial charge in [0.25, 0.3) is 0 Å². The zero-order chi connectivity index (χ0) is 13.0. The average Bonchev–Trinajstić information content (AvgIpc) is 2.41. The van der Waals surface area contributed by atoms with Crippen molar-refractivity contribution in [1.29, 1.82) is 5.26 Å². The smallest absolute Gasteiger partial charge is 0.121 e. The average molecular weight is 245 g/mol. The molecule has 2 N–H and O–H groups in total. The molecule has 1 fully saturated rings. The highest BCUT2D eigenvalue weighted by Gasteiger charge is 2.21. The fourth-order valence-electron chi connectivity index (χ4n) is 2.31. The first-order valence-electron chi connectivity index (χ1n) is 6.32. The summed E-state index contributed by atoms with van der Waals surface area (Å²) in [5, 5.41) is 16.0. The number of hydrogen-bond acceptors (Lipinski definition) is 4. The Labute approximate surface area is 108 Å². The highest BCUT2D eigenvalue weighted by molar-refractivity contribution is 5.61. The van der Waals surface area contributed by atoms with E-state index in [1.165, 1.54) is 0 Å². The van der Waals surface area contributed by atoms with Gasteiger partial charge in [0.15, 0.2) is 0 Å². The third kappa shape index (κ3) is 2.74. The molecule has 0 amide bonds. The molecule has 4 nitrogen and oxygen atoms in total. The molecule has 2 unspecified atom stereocenters. The number of methoxy groups -OCH3 is 1. The molecule has 1 aromatic carbocycles. The highest BCUT2D eigenvalue weighted by atomic mass is 16.5. The van der Waals surface area contributed by atoms with E-state index >= 15 is 0 Å². The normalized spacial score (nSPS) is 23.2. The van der Waals surface area contributed by atoms with Gasteiger partial charge < -0.3 is 15.4 Å². The molecule has 1 aliphatic rings. The summed E-state index contributed by atoms with van der Waals surface area (Å²) in [5.74, 6) is 0.771. The Balaban J connectivity index is 2.18. The van der Waals surface area contributed by atoms with Crippen molar-refractivity contribution < 1.29 is 4.74 Å². The molecule has 1 saturated heterocycles. The van der Waals surface area contributed by atoms with Crippen LogP contribution in [0.3, 0.4) is 0 Å². The van der Waals surface area contributed by atoms with E-state index in [1.807, 2.05) is 12.1 Å². The Hall–Kier alpha value is -1.73. The number of anilines is 1. The number of benzene rings is 1. The monoisotopic (exact) mass is 245 g/mol. The first-order chi connectivity index (χ1) is 8.74. The molecule has 0 saturated carbocycles. The van der Waals surface area contributed by atoms with Crippen LogP contribution in [0.25, 0.3) is 0 Å². The predicted octanol–water partition coefficient (Wildman–Crippen LogP) is 2.12. The summed E-state index contributed by atoms with van der Waals surface area (Å²) < 4.78 is 5.21. The number of piperidine rings is 1. The summed E-state index contributed by atoms with van der Waals surface area (Å²) >= 11 is 0. The molecule has 0 radical (unpaired) electrons. The number of rotatable bonds is 3. The standard InChI is InChI=1S/C14H19N3O/c1-10-13(4-3-7-16-10)17-14-8-12(18-2)6-5-11(14)9-15/h5-6,8,10,13,16-17H,3-4,7H2,1-2H3. The lowest BCUT2D eigenvalue weighted by atomic mass is 9.99. The van der Waals surface area contributed by atoms with Gasteiger partial charge in [-0.05, 0) is 38.4 Å². The van der Waals surface area contributed by atoms with Crippen LogP contribution in [0, 0.1) is 11.3 Å². The summed E-state index contributed by atoms with van der Waals surface area (Å²) in [6.45, 7) is 3.24. The Kier molecular flexibility index (Phi) is 4.06. The Morgan fingerprint density at radius 1 is 1.50 bits per heavy atom. The second-order valence-electron chi connectivity index (χ2n) is 4.66. The van der Waals surface area contributed by atoms with Gasteiger partial charge in [-0.2, -0.15) is 5.26 Å². The maximum absolute atomic E-state index is 9.13. The summed E-state index contributed by atoms with van der Waals surface area (Å²) in [6, 6.07) is 8.48. The van der Waals surface area contributed by atoms with Crippen LogP contribution >= 0.6 is 0 Å². The number of ether oxygens (including phenoxy) is 1. The number of hydrogen-bond donors (Lipinski definition) is 2. The lowest BCUT2D eigenvalue weighted by molar-refractivity contribution is 0.388. The third-order valence-corrected chi connectivity index (χ3v) is 3.45. The molecule has 1 aliphatic heterocycles. The molecule has 4 heteroatoms. The van der Waals surface area contributed by atoms with Gasteiger partial charge in [0.2, 0.25) is 0 Å². The Morgan fingerprint density at radius 3 is 3.00 bits per heavy atom. The van der Waals surface area contributed by atoms with E-state index < -0.39 is 0 Å². The van der Waals surface area contributed by atoms with E-state index in [2.05, 4.69) is 23.6 Å². The van der Waals surface area contributed by atoms with E-state index in [4.69, 9.17) is 10.00 Å². The van der Waals surface area contributed by atoms with Crippen LogP contribution < -0.4 is 15.4 Å². The van der Waals surface area contributed by atoms with Crippen LogP contribution in [0.2, 0.25) is 0 Å². The van der Waals surface area contributed by atoms with Crippen LogP contribution in [-0.2, 0) is 0 Å². The van der Waals surface area contributed by atoms with Crippen molar-refractivity contribution in [3.05, 3.63) is 23.8 Å². The molecule has 0 spiro atoms. The summed E-state index contributed by atoms with van der Waals surface area (Å²) in [5.41, 5.74) is 1.52. The lowest BCUT2D eigenvalue weighted by Gasteiger charge is -2.31. The van der Waals surface area contributed by atoms with Crippen LogP contribution in [0.5, 0.6) is 5.75 Å². The second-order valence-corrected chi connectivity index (χ2v) is 4.66. The fourth-order valence-corrected chi connectivity index (χ4v) is 2.31. The Morgan fingerprint density at radius 2 is 2.33 bits per heavy atom. The molecule has 2 rings (SSSR count). The summed E-state index contributed by atoms with van der Waals surface area (Å²) in [4.78, 5) is 0. The molecular weight excluding hydrogens is 226 g/mol. The zero-order valence-electron chi connectivity index (χ0n) is 10.9. The molecule has 18 heavy (non-hydrogen) atoms. The number of nitrogens with zero attached hydrogens (tertiary/aromatic N) is 1. The van der Waals surface area contributed by atoms with E-state index in [0.29, 0.717) is 17.6 Å². The predicted molar refractivity (Wildman–Crippen MR) is 71.8 cm³/mol. The largest absolute Gasteiger partial charge is 0.497 e. The van der Waals surface area contributed by atoms with Crippen LogP contribution in [0.4, 0.5) is 5.69 Å². The molecule has 1 heterocycles. The van der Waals surface area contributed by atoms with Gasteiger partial charge >= 0.3 is 0 Å². The van der Waals surface area contributed by atoms with Crippen molar-refractivity contribution in [2.75, 3.05) is 19.0 Å². The second kappa shape index (κ2) is 5.74. The summed E-state index contributed by atoms with van der Waals surface area (Å²) in [6.07, 6.45) is 2.28. The minimum Gasteiger partial charge on any atom is -0.497 e. The van der Waals surface area contributed by atoms with Crippen molar-refractivity contribution in [2.24, 2.45) is 0 Å². The molecule has 96 valence electrons. The maximum atomic E-state index is 9.13. The molecule has 0 aliphatic carbocycles. The first-order valence-corrected chi connectivity index (χ1v) is 6.32. The van der Waals surface area contributed by atoms with E-state index in [0.717, 1.165) is 30.8 Å². The van der Waals surface area contributed by atoms with Gasteiger partial charge in [-0.15, -0.1) is 0 Å². The van der Waals surface area contributed by atoms with Gasteiger partial charge in [0, 0.05) is 18.2 Å². The van der Waals surface area contributed by atoms with Crippen molar-refractivity contribution >= 4 is 5.69 Å². The minimum absolute atomic E-state index is 0.359. The molecule has 0 bridgehead atoms. The minimum atomic E-state index is 0.359. The molecule has 0 aromatic heterocycles. The molecule has 1 aromatic rings. The van der Waals surface area contributed by atoms with E-state index in [1.54, 1.807) is 13.2 Å². The van der Waals surface area contributed by atoms with Gasteiger partial charge in [-0.25, -0.2) is 0 Å². The molecular formula is C14H19N3O. The zero-order valence-corrected chi connectivity index (χ0v) is 10.9. The van der Waals surface area contributed by atoms with E-state index in [-0.39, 0.29) is 0 Å². The van der Waals surface area contributed by atoms with Gasteiger partial charge in [-0.3, -0.25) is 0 Å². The van der Waals surface area contributed by atoms with Crippen LogP contribution in [0.15, 0.2) is 18.2 Å². The van der Waals surface area contributed by atoms with Crippen LogP contribution in [-0.4, -0.2) is 25.7 Å². The SMILES string of the molecule is COc1ccc(C#N)c(NC2CCCNC2C)c1. The van der Waals surface area contributed by atoms with Crippen molar-refractivity contribution in [1.82, 2.24) is 5.32 Å². The highest BCUT2D eigenvalue weighted by Crippen LogP contribution is 2.24. The van der Waals surface area contributed by atoms with Crippen LogP contribution in [0.1, 0.15) is 25.3 Å². The molecule has 2 atom stereocenters. The third-order valence-electron chi connectivity index (χ3n) is 3.45. The van der Waals surface area contributed by atoms with Gasteiger partial charge in [0.05, 0.1) is 18.4 Å². The Bertz CT molecular complexity index is 453. The quantitative estimate of drug-likeness (QED) is 0.856. The van der Waals surface area contributed by atoms with Gasteiger partial charge in [-0.1, -0.05) is 0 Å². The van der Waals surface area contributed by atoms with Crippen molar-refractivity contribution in [3.8, 4) is 11.8 Å². The van der Waals surface area contributed by atoms with Crippen molar-refractivity contribution in [3.63, 3.8) is 0 Å².